The SMILES string of the molecule is CNC(Cc1ccc(F)c(F)c1)CC1CCCCCC1. The molecule has 1 atom stereocenters. The van der Waals surface area contributed by atoms with Crippen molar-refractivity contribution in [3.05, 3.63) is 35.4 Å². The molecule has 0 aliphatic heterocycles. The van der Waals surface area contributed by atoms with Gasteiger partial charge in [-0.3, -0.25) is 0 Å². The summed E-state index contributed by atoms with van der Waals surface area (Å²) in [6, 6.07) is 4.59. The Morgan fingerprint density at radius 1 is 1.10 bits per heavy atom. The number of rotatable bonds is 5. The Balaban J connectivity index is 1.92. The highest BCUT2D eigenvalue weighted by atomic mass is 19.2. The normalized spacial score (nSPS) is 18.8. The fraction of sp³-hybridized carbons (Fsp3) is 0.647. The third kappa shape index (κ3) is 4.55. The number of benzene rings is 1. The van der Waals surface area contributed by atoms with Crippen molar-refractivity contribution in [3.8, 4) is 0 Å². The molecule has 1 saturated carbocycles. The zero-order valence-corrected chi connectivity index (χ0v) is 12.3. The first-order valence-electron chi connectivity index (χ1n) is 7.80. The van der Waals surface area contributed by atoms with Gasteiger partial charge in [0.2, 0.25) is 0 Å². The minimum absolute atomic E-state index is 0.350. The molecule has 0 aromatic heterocycles. The van der Waals surface area contributed by atoms with Gasteiger partial charge in [0, 0.05) is 6.04 Å². The second-order valence-electron chi connectivity index (χ2n) is 6.03. The van der Waals surface area contributed by atoms with Crippen LogP contribution in [0.15, 0.2) is 18.2 Å². The molecule has 1 aliphatic carbocycles. The van der Waals surface area contributed by atoms with Crippen LogP contribution in [-0.2, 0) is 6.42 Å². The monoisotopic (exact) mass is 281 g/mol. The number of nitrogens with one attached hydrogen (secondary N) is 1. The third-order valence-corrected chi connectivity index (χ3v) is 4.47. The van der Waals surface area contributed by atoms with E-state index in [0.29, 0.717) is 6.04 Å². The fourth-order valence-electron chi connectivity index (χ4n) is 3.26. The average Bonchev–Trinajstić information content (AvgIpc) is 2.71. The summed E-state index contributed by atoms with van der Waals surface area (Å²) in [6.45, 7) is 0. The summed E-state index contributed by atoms with van der Waals surface area (Å²) >= 11 is 0. The molecule has 1 fully saturated rings. The number of hydrogen-bond acceptors (Lipinski definition) is 1. The zero-order valence-electron chi connectivity index (χ0n) is 12.3. The summed E-state index contributed by atoms with van der Waals surface area (Å²) in [5.74, 6) is -0.731. The van der Waals surface area contributed by atoms with E-state index in [2.05, 4.69) is 5.32 Å². The van der Waals surface area contributed by atoms with Crippen molar-refractivity contribution in [2.75, 3.05) is 7.05 Å². The topological polar surface area (TPSA) is 12.0 Å². The van der Waals surface area contributed by atoms with Crippen molar-refractivity contribution in [3.63, 3.8) is 0 Å². The van der Waals surface area contributed by atoms with Gasteiger partial charge < -0.3 is 5.32 Å². The van der Waals surface area contributed by atoms with Gasteiger partial charge in [-0.15, -0.1) is 0 Å². The lowest BCUT2D eigenvalue weighted by molar-refractivity contribution is 0.361. The summed E-state index contributed by atoms with van der Waals surface area (Å²) in [5, 5.41) is 3.34. The quantitative estimate of drug-likeness (QED) is 0.786. The van der Waals surface area contributed by atoms with Crippen molar-refractivity contribution < 1.29 is 8.78 Å². The molecule has 1 unspecified atom stereocenters. The van der Waals surface area contributed by atoms with Gasteiger partial charge in [0.25, 0.3) is 0 Å². The van der Waals surface area contributed by atoms with Crippen LogP contribution in [0.4, 0.5) is 8.78 Å². The van der Waals surface area contributed by atoms with Crippen molar-refractivity contribution >= 4 is 0 Å². The van der Waals surface area contributed by atoms with Gasteiger partial charge in [-0.2, -0.15) is 0 Å². The van der Waals surface area contributed by atoms with E-state index in [1.165, 1.54) is 50.7 Å². The average molecular weight is 281 g/mol. The molecule has 1 aliphatic rings. The van der Waals surface area contributed by atoms with E-state index in [-0.39, 0.29) is 0 Å². The molecule has 20 heavy (non-hydrogen) atoms. The summed E-state index contributed by atoms with van der Waals surface area (Å²) in [4.78, 5) is 0. The molecule has 2 rings (SSSR count). The van der Waals surface area contributed by atoms with Gasteiger partial charge in [-0.25, -0.2) is 8.78 Å². The Bertz CT molecular complexity index is 411. The van der Waals surface area contributed by atoms with E-state index in [1.807, 2.05) is 7.05 Å². The first-order chi connectivity index (χ1) is 9.69. The molecule has 0 heterocycles. The van der Waals surface area contributed by atoms with Crippen LogP contribution in [0.25, 0.3) is 0 Å². The number of likely N-dealkylation sites (N-methyl/N-ethyl adjacent to an activating group) is 1. The van der Waals surface area contributed by atoms with E-state index >= 15 is 0 Å². The van der Waals surface area contributed by atoms with E-state index in [9.17, 15) is 8.78 Å². The first kappa shape index (κ1) is 15.4. The van der Waals surface area contributed by atoms with Gasteiger partial charge in [-0.05, 0) is 43.5 Å². The second-order valence-corrected chi connectivity index (χ2v) is 6.03. The standard InChI is InChI=1S/C17H25F2N/c1-20-15(10-13-6-4-2-3-5-7-13)11-14-8-9-16(18)17(19)12-14/h8-9,12-13,15,20H,2-7,10-11H2,1H3. The largest absolute Gasteiger partial charge is 0.317 e. The zero-order chi connectivity index (χ0) is 14.4. The van der Waals surface area contributed by atoms with Crippen LogP contribution in [0, 0.1) is 17.6 Å². The molecule has 0 saturated heterocycles. The summed E-state index contributed by atoms with van der Waals surface area (Å²) in [5.41, 5.74) is 0.872. The lowest BCUT2D eigenvalue weighted by Crippen LogP contribution is -2.30. The van der Waals surface area contributed by atoms with E-state index in [4.69, 9.17) is 0 Å². The molecular formula is C17H25F2N. The predicted molar refractivity (Wildman–Crippen MR) is 78.7 cm³/mol. The van der Waals surface area contributed by atoms with Crippen LogP contribution in [0.1, 0.15) is 50.5 Å². The Kier molecular flexibility index (Phi) is 5.96. The Labute approximate surface area is 120 Å². The van der Waals surface area contributed by atoms with Gasteiger partial charge in [0.05, 0.1) is 0 Å². The van der Waals surface area contributed by atoms with E-state index in [1.54, 1.807) is 6.07 Å². The van der Waals surface area contributed by atoms with E-state index in [0.717, 1.165) is 24.3 Å². The maximum Gasteiger partial charge on any atom is 0.159 e. The summed E-state index contributed by atoms with van der Waals surface area (Å²) in [6.07, 6.45) is 9.94. The molecule has 1 aromatic rings. The molecule has 1 nitrogen and oxygen atoms in total. The maximum absolute atomic E-state index is 13.3. The molecule has 0 radical (unpaired) electrons. The predicted octanol–water partition coefficient (Wildman–Crippen LogP) is 4.46. The molecule has 1 aromatic carbocycles. The van der Waals surface area contributed by atoms with Gasteiger partial charge in [0.1, 0.15) is 0 Å². The van der Waals surface area contributed by atoms with Gasteiger partial charge in [0.15, 0.2) is 11.6 Å². The molecule has 1 N–H and O–H groups in total. The number of halogens is 2. The van der Waals surface area contributed by atoms with Crippen molar-refractivity contribution in [2.24, 2.45) is 5.92 Å². The Hall–Kier alpha value is -0.960. The Morgan fingerprint density at radius 3 is 2.40 bits per heavy atom. The third-order valence-electron chi connectivity index (χ3n) is 4.47. The minimum Gasteiger partial charge on any atom is -0.317 e. The van der Waals surface area contributed by atoms with Crippen LogP contribution in [0.3, 0.4) is 0 Å². The highest BCUT2D eigenvalue weighted by Gasteiger charge is 2.18. The molecular weight excluding hydrogens is 256 g/mol. The highest BCUT2D eigenvalue weighted by Crippen LogP contribution is 2.27. The van der Waals surface area contributed by atoms with Crippen molar-refractivity contribution in [1.29, 1.82) is 0 Å². The molecule has 112 valence electrons. The van der Waals surface area contributed by atoms with Gasteiger partial charge in [-0.1, -0.05) is 44.6 Å². The van der Waals surface area contributed by atoms with Gasteiger partial charge >= 0.3 is 0 Å². The summed E-state index contributed by atoms with van der Waals surface area (Å²) in [7, 11) is 1.96. The Morgan fingerprint density at radius 2 is 1.80 bits per heavy atom. The fourth-order valence-corrected chi connectivity index (χ4v) is 3.26. The van der Waals surface area contributed by atoms with Crippen LogP contribution in [0.5, 0.6) is 0 Å². The number of hydrogen-bond donors (Lipinski definition) is 1. The van der Waals surface area contributed by atoms with Crippen LogP contribution >= 0.6 is 0 Å². The van der Waals surface area contributed by atoms with Crippen LogP contribution in [-0.4, -0.2) is 13.1 Å². The van der Waals surface area contributed by atoms with Crippen LogP contribution in [0.2, 0.25) is 0 Å². The molecule has 0 spiro atoms. The lowest BCUT2D eigenvalue weighted by Gasteiger charge is -2.22. The summed E-state index contributed by atoms with van der Waals surface area (Å²) < 4.78 is 26.2. The first-order valence-corrected chi connectivity index (χ1v) is 7.80. The second kappa shape index (κ2) is 7.72. The van der Waals surface area contributed by atoms with Crippen molar-refractivity contribution in [1.82, 2.24) is 5.32 Å². The maximum atomic E-state index is 13.3. The molecule has 0 amide bonds. The molecule has 3 heteroatoms. The lowest BCUT2D eigenvalue weighted by atomic mass is 9.90. The smallest absolute Gasteiger partial charge is 0.159 e. The minimum atomic E-state index is -0.765. The van der Waals surface area contributed by atoms with E-state index < -0.39 is 11.6 Å². The van der Waals surface area contributed by atoms with Crippen molar-refractivity contribution in [2.45, 2.75) is 57.4 Å². The molecule has 0 bridgehead atoms. The highest BCUT2D eigenvalue weighted by molar-refractivity contribution is 5.18. The van der Waals surface area contributed by atoms with Crippen LogP contribution < -0.4 is 5.32 Å².